The predicted octanol–water partition coefficient (Wildman–Crippen LogP) is -0.243. The van der Waals surface area contributed by atoms with Gasteiger partial charge in [0.25, 0.3) is 0 Å². The maximum atomic E-state index is 11.0. The zero-order chi connectivity index (χ0) is 12.4. The van der Waals surface area contributed by atoms with Crippen LogP contribution in [0, 0.1) is 5.92 Å². The molecule has 16 heavy (non-hydrogen) atoms. The molecule has 2 atom stereocenters. The second-order valence-corrected chi connectivity index (χ2v) is 5.29. The molecule has 0 aliphatic carbocycles. The molecule has 0 aromatic heterocycles. The van der Waals surface area contributed by atoms with E-state index in [2.05, 4.69) is 9.26 Å². The quantitative estimate of drug-likeness (QED) is 0.282. The van der Waals surface area contributed by atoms with E-state index in [-0.39, 0.29) is 38.7 Å². The van der Waals surface area contributed by atoms with Crippen molar-refractivity contribution in [3.05, 3.63) is 0 Å². The zero-order valence-corrected chi connectivity index (χ0v) is 10.1. The van der Waals surface area contributed by atoms with Crippen LogP contribution in [0.5, 0.6) is 0 Å². The summed E-state index contributed by atoms with van der Waals surface area (Å²) in [6, 6.07) is 0. The molecule has 0 aliphatic heterocycles. The van der Waals surface area contributed by atoms with E-state index in [9.17, 15) is 4.57 Å². The van der Waals surface area contributed by atoms with Gasteiger partial charge < -0.3 is 24.6 Å². The third-order valence-electron chi connectivity index (χ3n) is 1.79. The number of aliphatic hydroxyl groups is 2. The second-order valence-electron chi connectivity index (χ2n) is 3.12. The first kappa shape index (κ1) is 16.0. The average Bonchev–Trinajstić information content (AvgIpc) is 2.28. The molecule has 0 saturated heterocycles. The first-order chi connectivity index (χ1) is 7.55. The van der Waals surface area contributed by atoms with Gasteiger partial charge in [0.15, 0.2) is 6.79 Å². The Kier molecular flexibility index (Phi) is 9.06. The number of hydrogen-bond acceptors (Lipinski definition) is 6. The van der Waals surface area contributed by atoms with Gasteiger partial charge in [0.05, 0.1) is 19.8 Å². The molecule has 0 heterocycles. The van der Waals surface area contributed by atoms with Gasteiger partial charge in [0.2, 0.25) is 0 Å². The normalized spacial score (nSPS) is 17.0. The molecule has 0 aromatic rings. The molecule has 8 heteroatoms. The minimum atomic E-state index is -3.52. The van der Waals surface area contributed by atoms with Gasteiger partial charge in [-0.1, -0.05) is 6.92 Å². The first-order valence-corrected chi connectivity index (χ1v) is 6.65. The monoisotopic (exact) mass is 258 g/mol. The molecule has 0 fully saturated rings. The molecule has 0 rings (SSSR count). The second kappa shape index (κ2) is 9.07. The summed E-state index contributed by atoms with van der Waals surface area (Å²) in [6.07, 6.45) is 0.0212. The minimum absolute atomic E-state index is 0.0212. The summed E-state index contributed by atoms with van der Waals surface area (Å²) in [7, 11) is -3.52. The van der Waals surface area contributed by atoms with Crippen molar-refractivity contribution < 1.29 is 33.7 Å². The van der Waals surface area contributed by atoms with Crippen molar-refractivity contribution in [3.63, 3.8) is 0 Å². The smallest absolute Gasteiger partial charge is 0.329 e. The van der Waals surface area contributed by atoms with Crippen LogP contribution in [0.25, 0.3) is 0 Å². The van der Waals surface area contributed by atoms with Gasteiger partial charge in [-0.15, -0.1) is 0 Å². The van der Waals surface area contributed by atoms with Crippen LogP contribution in [0.2, 0.25) is 0 Å². The Balaban J connectivity index is 3.59. The molecule has 3 N–H and O–H groups in total. The number of rotatable bonds is 10. The summed E-state index contributed by atoms with van der Waals surface area (Å²) >= 11 is 0. The van der Waals surface area contributed by atoms with Crippen molar-refractivity contribution in [3.8, 4) is 0 Å². The maximum absolute atomic E-state index is 11.0. The number of aliphatic hydroxyl groups excluding tert-OH is 2. The van der Waals surface area contributed by atoms with E-state index in [0.717, 1.165) is 0 Å². The summed E-state index contributed by atoms with van der Waals surface area (Å²) in [6.45, 7) is 0.917. The molecule has 98 valence electrons. The van der Waals surface area contributed by atoms with Gasteiger partial charge in [0.1, 0.15) is 6.79 Å². The van der Waals surface area contributed by atoms with Crippen LogP contribution in [0.3, 0.4) is 0 Å². The fourth-order valence-electron chi connectivity index (χ4n) is 0.799. The van der Waals surface area contributed by atoms with Gasteiger partial charge in [-0.3, -0.25) is 9.09 Å². The van der Waals surface area contributed by atoms with E-state index in [0.29, 0.717) is 0 Å². The van der Waals surface area contributed by atoms with Crippen LogP contribution >= 0.6 is 7.60 Å². The lowest BCUT2D eigenvalue weighted by atomic mass is 10.2. The third kappa shape index (κ3) is 8.18. The molecule has 0 bridgehead atoms. The molecule has 0 amide bonds. The Bertz CT molecular complexity index is 211. The maximum Gasteiger partial charge on any atom is 0.329 e. The SMILES string of the molecule is CCP(=O)(O)OCOCC(CO)COCO. The Hall–Kier alpha value is -0.0100. The first-order valence-electron chi connectivity index (χ1n) is 4.89. The highest BCUT2D eigenvalue weighted by Gasteiger charge is 2.16. The fourth-order valence-corrected chi connectivity index (χ4v) is 1.22. The molecule has 7 nitrogen and oxygen atoms in total. The summed E-state index contributed by atoms with van der Waals surface area (Å²) in [4.78, 5) is 9.03. The van der Waals surface area contributed by atoms with Gasteiger partial charge >= 0.3 is 7.60 Å². The molecule has 0 aliphatic rings. The standard InChI is InChI=1S/C8H19O7P/c1-2-16(11,12)15-7-14-5-8(3-9)4-13-6-10/h8-10H,2-7H2,1H3,(H,11,12). The Labute approximate surface area is 94.5 Å². The van der Waals surface area contributed by atoms with Gasteiger partial charge in [-0.25, -0.2) is 0 Å². The number of ether oxygens (including phenoxy) is 2. The number of hydrogen-bond donors (Lipinski definition) is 3. The Morgan fingerprint density at radius 3 is 2.38 bits per heavy atom. The third-order valence-corrected chi connectivity index (χ3v) is 3.10. The summed E-state index contributed by atoms with van der Waals surface area (Å²) in [5, 5.41) is 17.3. The van der Waals surface area contributed by atoms with E-state index in [1.165, 1.54) is 6.92 Å². The van der Waals surface area contributed by atoms with Gasteiger partial charge in [0, 0.05) is 12.1 Å². The van der Waals surface area contributed by atoms with E-state index in [1.807, 2.05) is 0 Å². The summed E-state index contributed by atoms with van der Waals surface area (Å²) < 4.78 is 25.2. The zero-order valence-electron chi connectivity index (χ0n) is 9.24. The van der Waals surface area contributed by atoms with E-state index >= 15 is 0 Å². The van der Waals surface area contributed by atoms with E-state index < -0.39 is 14.4 Å². The summed E-state index contributed by atoms with van der Waals surface area (Å²) in [5.41, 5.74) is 0. The van der Waals surface area contributed by atoms with Gasteiger partial charge in [-0.2, -0.15) is 0 Å². The fraction of sp³-hybridized carbons (Fsp3) is 1.00. The topological polar surface area (TPSA) is 105 Å². The van der Waals surface area contributed by atoms with Crippen molar-refractivity contribution in [2.75, 3.05) is 39.6 Å². The van der Waals surface area contributed by atoms with E-state index in [1.54, 1.807) is 0 Å². The minimum Gasteiger partial charge on any atom is -0.396 e. The van der Waals surface area contributed by atoms with E-state index in [4.69, 9.17) is 19.8 Å². The predicted molar refractivity (Wildman–Crippen MR) is 55.9 cm³/mol. The van der Waals surface area contributed by atoms with Crippen molar-refractivity contribution in [1.29, 1.82) is 0 Å². The highest BCUT2D eigenvalue weighted by molar-refractivity contribution is 7.52. The molecule has 2 unspecified atom stereocenters. The average molecular weight is 258 g/mol. The molecular formula is C8H19O7P. The highest BCUT2D eigenvalue weighted by atomic mass is 31.2. The van der Waals surface area contributed by atoms with Crippen molar-refractivity contribution in [2.45, 2.75) is 6.92 Å². The molecule has 0 aromatic carbocycles. The molecule has 0 saturated carbocycles. The molecular weight excluding hydrogens is 239 g/mol. The Morgan fingerprint density at radius 2 is 1.88 bits per heavy atom. The van der Waals surface area contributed by atoms with Crippen LogP contribution in [0.4, 0.5) is 0 Å². The largest absolute Gasteiger partial charge is 0.396 e. The highest BCUT2D eigenvalue weighted by Crippen LogP contribution is 2.40. The van der Waals surface area contributed by atoms with Crippen LogP contribution in [-0.4, -0.2) is 54.7 Å². The van der Waals surface area contributed by atoms with Crippen LogP contribution in [-0.2, 0) is 18.6 Å². The van der Waals surface area contributed by atoms with Crippen molar-refractivity contribution in [2.24, 2.45) is 5.92 Å². The van der Waals surface area contributed by atoms with Crippen LogP contribution < -0.4 is 0 Å². The molecule has 0 spiro atoms. The van der Waals surface area contributed by atoms with Crippen molar-refractivity contribution >= 4 is 7.60 Å². The summed E-state index contributed by atoms with van der Waals surface area (Å²) in [5.74, 6) is -0.296. The van der Waals surface area contributed by atoms with Crippen LogP contribution in [0.15, 0.2) is 0 Å². The lowest BCUT2D eigenvalue weighted by molar-refractivity contribution is -0.0619. The molecule has 0 radical (unpaired) electrons. The van der Waals surface area contributed by atoms with Crippen molar-refractivity contribution in [1.82, 2.24) is 0 Å². The van der Waals surface area contributed by atoms with Gasteiger partial charge in [-0.05, 0) is 0 Å². The lowest BCUT2D eigenvalue weighted by Gasteiger charge is -2.15. The Morgan fingerprint density at radius 1 is 1.25 bits per heavy atom. The lowest BCUT2D eigenvalue weighted by Crippen LogP contribution is -2.21. The van der Waals surface area contributed by atoms with Crippen LogP contribution in [0.1, 0.15) is 6.92 Å².